The van der Waals surface area contributed by atoms with Gasteiger partial charge in [0.25, 0.3) is 0 Å². The normalized spacial score (nSPS) is 11.0. The molecule has 1 aromatic heterocycles. The van der Waals surface area contributed by atoms with Crippen LogP contribution in [-0.4, -0.2) is 19.8 Å². The molecule has 0 aliphatic carbocycles. The van der Waals surface area contributed by atoms with Crippen molar-refractivity contribution in [3.8, 4) is 0 Å². The summed E-state index contributed by atoms with van der Waals surface area (Å²) in [4.78, 5) is 0. The van der Waals surface area contributed by atoms with Gasteiger partial charge in [0.2, 0.25) is 5.62 Å². The van der Waals surface area contributed by atoms with Crippen LogP contribution >= 0.6 is 11.6 Å². The highest BCUT2D eigenvalue weighted by atomic mass is 35.5. The number of hydrogen-bond donors (Lipinski definition) is 1. The molecule has 0 saturated carbocycles. The number of tetrazole rings is 1. The second-order valence-electron chi connectivity index (χ2n) is 5.58. The van der Waals surface area contributed by atoms with Gasteiger partial charge in [0.05, 0.1) is 6.54 Å². The molecule has 0 radical (unpaired) electrons. The fraction of sp³-hybridized carbons (Fsp3) is 0.562. The quantitative estimate of drug-likeness (QED) is 0.717. The number of halogens is 1. The molecule has 0 aliphatic heterocycles. The molecule has 0 saturated heterocycles. The Morgan fingerprint density at radius 2 is 1.59 bits per heavy atom. The van der Waals surface area contributed by atoms with Gasteiger partial charge in [-0.25, -0.2) is 9.36 Å². The molecule has 0 atom stereocenters. The van der Waals surface area contributed by atoms with Crippen LogP contribution in [0.5, 0.6) is 0 Å². The molecule has 0 aliphatic rings. The van der Waals surface area contributed by atoms with Crippen molar-refractivity contribution < 1.29 is 0 Å². The minimum absolute atomic E-state index is 0.350. The second-order valence-corrected chi connectivity index (χ2v) is 6.01. The third-order valence-corrected chi connectivity index (χ3v) is 3.97. The predicted molar refractivity (Wildman–Crippen MR) is 87.8 cm³/mol. The van der Waals surface area contributed by atoms with E-state index in [4.69, 9.17) is 17.0 Å². The molecule has 0 unspecified atom stereocenters. The molecule has 1 aromatic carbocycles. The summed E-state index contributed by atoms with van der Waals surface area (Å²) in [6.45, 7) is 3.54. The van der Waals surface area contributed by atoms with Crippen LogP contribution in [0.1, 0.15) is 51.0 Å². The molecule has 0 fully saturated rings. The van der Waals surface area contributed by atoms with Crippen molar-refractivity contribution >= 4 is 11.6 Å². The van der Waals surface area contributed by atoms with Gasteiger partial charge < -0.3 is 0 Å². The van der Waals surface area contributed by atoms with E-state index in [-0.39, 0.29) is 0 Å². The number of nitrogens with zero attached hydrogens (tertiary/aromatic N) is 4. The van der Waals surface area contributed by atoms with Crippen molar-refractivity contribution in [2.75, 3.05) is 0 Å². The smallest absolute Gasteiger partial charge is 0.238 e. The third-order valence-electron chi connectivity index (χ3n) is 3.71. The summed E-state index contributed by atoms with van der Waals surface area (Å²) in [5, 5.41) is 17.0. The second kappa shape index (κ2) is 8.73. The molecular formula is C16H24ClN5. The Labute approximate surface area is 136 Å². The molecule has 1 N–H and O–H groups in total. The summed E-state index contributed by atoms with van der Waals surface area (Å²) in [7, 11) is 0. The lowest BCUT2D eigenvalue weighted by Gasteiger charge is -2.02. The van der Waals surface area contributed by atoms with Gasteiger partial charge >= 0.3 is 0 Å². The zero-order chi connectivity index (χ0) is 15.8. The summed E-state index contributed by atoms with van der Waals surface area (Å²) >= 11 is 5.88. The topological polar surface area (TPSA) is 59.5 Å². The van der Waals surface area contributed by atoms with Gasteiger partial charge in [-0.2, -0.15) is 0 Å². The van der Waals surface area contributed by atoms with Crippen LogP contribution in [0.15, 0.2) is 24.3 Å². The molecule has 0 amide bonds. The average Bonchev–Trinajstić information content (AvgIpc) is 2.86. The van der Waals surface area contributed by atoms with Crippen LogP contribution in [-0.2, 0) is 13.1 Å². The molecule has 2 aromatic rings. The minimum Gasteiger partial charge on any atom is -0.266 e. The lowest BCUT2D eigenvalue weighted by molar-refractivity contribution is 0.499. The van der Waals surface area contributed by atoms with Crippen molar-refractivity contribution in [1.29, 1.82) is 5.41 Å². The standard InChI is InChI=1S/C16H24ClN5/c1-2-3-4-5-6-7-12-21-16(18)22(20-19-21)13-14-8-10-15(17)11-9-14/h8-11,18H,2-7,12-13H2,1H3. The number of aromatic nitrogens is 4. The molecule has 0 spiro atoms. The Bertz CT molecular complexity index is 614. The van der Waals surface area contributed by atoms with E-state index in [1.54, 1.807) is 9.36 Å². The van der Waals surface area contributed by atoms with Gasteiger partial charge in [-0.1, -0.05) is 62.8 Å². The van der Waals surface area contributed by atoms with Crippen molar-refractivity contribution in [3.63, 3.8) is 0 Å². The third kappa shape index (κ3) is 4.98. The van der Waals surface area contributed by atoms with Crippen LogP contribution < -0.4 is 5.62 Å². The SMILES string of the molecule is CCCCCCCCn1nnn(Cc2ccc(Cl)cc2)c1=N. The maximum Gasteiger partial charge on any atom is 0.238 e. The molecule has 1 heterocycles. The molecule has 6 heteroatoms. The van der Waals surface area contributed by atoms with Crippen LogP contribution in [0.2, 0.25) is 5.02 Å². The summed E-state index contributed by atoms with van der Waals surface area (Å²) in [5.74, 6) is 0. The van der Waals surface area contributed by atoms with Gasteiger partial charge in [-0.05, 0) is 34.5 Å². The number of nitrogens with one attached hydrogen (secondary N) is 1. The highest BCUT2D eigenvalue weighted by molar-refractivity contribution is 6.30. The Kier molecular flexibility index (Phi) is 6.65. The monoisotopic (exact) mass is 321 g/mol. The zero-order valence-corrected chi connectivity index (χ0v) is 13.9. The van der Waals surface area contributed by atoms with E-state index in [0.29, 0.717) is 17.2 Å². The van der Waals surface area contributed by atoms with E-state index in [9.17, 15) is 0 Å². The average molecular weight is 322 g/mol. The number of unbranched alkanes of at least 4 members (excludes halogenated alkanes) is 5. The van der Waals surface area contributed by atoms with Crippen molar-refractivity contribution in [2.45, 2.75) is 58.5 Å². The first-order chi connectivity index (χ1) is 10.7. The maximum absolute atomic E-state index is 8.14. The van der Waals surface area contributed by atoms with Crippen LogP contribution in [0.25, 0.3) is 0 Å². The highest BCUT2D eigenvalue weighted by Crippen LogP contribution is 2.09. The largest absolute Gasteiger partial charge is 0.266 e. The molecular weight excluding hydrogens is 298 g/mol. The summed E-state index contributed by atoms with van der Waals surface area (Å²) in [6.07, 6.45) is 7.40. The summed E-state index contributed by atoms with van der Waals surface area (Å²) in [5.41, 5.74) is 1.41. The van der Waals surface area contributed by atoms with Crippen molar-refractivity contribution in [2.24, 2.45) is 0 Å². The highest BCUT2D eigenvalue weighted by Gasteiger charge is 2.04. The zero-order valence-electron chi connectivity index (χ0n) is 13.1. The fourth-order valence-corrected chi connectivity index (χ4v) is 2.50. The lowest BCUT2D eigenvalue weighted by Crippen LogP contribution is -2.26. The van der Waals surface area contributed by atoms with Crippen LogP contribution in [0.3, 0.4) is 0 Å². The first kappa shape index (κ1) is 16.7. The van der Waals surface area contributed by atoms with Gasteiger partial charge in [0, 0.05) is 11.6 Å². The lowest BCUT2D eigenvalue weighted by atomic mass is 10.1. The number of benzene rings is 1. The van der Waals surface area contributed by atoms with E-state index < -0.39 is 0 Å². The van der Waals surface area contributed by atoms with Crippen LogP contribution in [0, 0.1) is 5.41 Å². The van der Waals surface area contributed by atoms with E-state index in [1.165, 1.54) is 32.1 Å². The number of hydrogen-bond acceptors (Lipinski definition) is 3. The summed E-state index contributed by atoms with van der Waals surface area (Å²) in [6, 6.07) is 7.59. The Hall–Kier alpha value is -1.62. The van der Waals surface area contributed by atoms with E-state index in [0.717, 1.165) is 18.5 Å². The number of rotatable bonds is 9. The van der Waals surface area contributed by atoms with E-state index >= 15 is 0 Å². The molecule has 0 bridgehead atoms. The van der Waals surface area contributed by atoms with Gasteiger partial charge in [-0.15, -0.1) is 0 Å². The Morgan fingerprint density at radius 3 is 2.32 bits per heavy atom. The van der Waals surface area contributed by atoms with Gasteiger partial charge in [0.15, 0.2) is 0 Å². The van der Waals surface area contributed by atoms with Crippen molar-refractivity contribution in [3.05, 3.63) is 40.5 Å². The first-order valence-corrected chi connectivity index (χ1v) is 8.38. The summed E-state index contributed by atoms with van der Waals surface area (Å²) < 4.78 is 3.29. The Morgan fingerprint density at radius 1 is 0.955 bits per heavy atom. The molecule has 5 nitrogen and oxygen atoms in total. The van der Waals surface area contributed by atoms with E-state index in [2.05, 4.69) is 17.4 Å². The molecule has 22 heavy (non-hydrogen) atoms. The first-order valence-electron chi connectivity index (χ1n) is 8.00. The van der Waals surface area contributed by atoms with Gasteiger partial charge in [0.1, 0.15) is 0 Å². The number of aryl methyl sites for hydroxylation is 1. The molecule has 2 rings (SSSR count). The van der Waals surface area contributed by atoms with Crippen LogP contribution in [0.4, 0.5) is 0 Å². The fourth-order valence-electron chi connectivity index (χ4n) is 2.38. The predicted octanol–water partition coefficient (Wildman–Crippen LogP) is 3.62. The van der Waals surface area contributed by atoms with Crippen molar-refractivity contribution in [1.82, 2.24) is 19.8 Å². The Balaban J connectivity index is 1.84. The maximum atomic E-state index is 8.14. The van der Waals surface area contributed by atoms with Gasteiger partial charge in [-0.3, -0.25) is 5.41 Å². The van der Waals surface area contributed by atoms with E-state index in [1.807, 2.05) is 24.3 Å². The molecule has 120 valence electrons. The minimum atomic E-state index is 0.350.